The molecule has 6 rings (SSSR count). The minimum Gasteiger partial charge on any atom is -0.489 e. The molecule has 0 unspecified atom stereocenters. The van der Waals surface area contributed by atoms with Crippen molar-refractivity contribution in [3.05, 3.63) is 89.8 Å². The number of hydrogen-bond donors (Lipinski definition) is 3. The van der Waals surface area contributed by atoms with Crippen LogP contribution in [0.25, 0.3) is 5.65 Å². The van der Waals surface area contributed by atoms with E-state index in [-0.39, 0.29) is 29.7 Å². The van der Waals surface area contributed by atoms with E-state index in [0.717, 1.165) is 60.8 Å². The molecule has 0 saturated carbocycles. The number of piperidine rings is 1. The second kappa shape index (κ2) is 16.3. The van der Waals surface area contributed by atoms with Crippen LogP contribution >= 0.6 is 0 Å². The van der Waals surface area contributed by atoms with Crippen molar-refractivity contribution < 1.29 is 14.3 Å². The number of fused-ring (bicyclic) bond motifs is 2. The largest absolute Gasteiger partial charge is 0.489 e. The summed E-state index contributed by atoms with van der Waals surface area (Å²) in [7, 11) is 4.03. The number of hydrogen-bond acceptors (Lipinski definition) is 9. The number of likely N-dealkylation sites (N-methyl/N-ethyl adjacent to an activating group) is 1. The van der Waals surface area contributed by atoms with Gasteiger partial charge in [-0.25, -0.2) is 9.79 Å². The highest BCUT2D eigenvalue weighted by molar-refractivity contribution is 6.05. The van der Waals surface area contributed by atoms with Crippen LogP contribution in [-0.2, 0) is 0 Å². The summed E-state index contributed by atoms with van der Waals surface area (Å²) >= 11 is 0. The monoisotopic (exact) mass is 721 g/mol. The number of anilines is 1. The number of allylic oxidation sites excluding steroid dienone is 1. The standard InChI is InChI=1S/C41H55N9O3/c1-27-13-10-11-22-49(27)40-47-46-38-21-18-31(26-50(38)40)53-35-20-19-34(32-16-8-9-17-33(32)35)44-39(51)45-37(24-36(42)41(3,4)5)43-29-14-12-15-30(23-29)52-28(2)25-48(6)7/h8-9,12,14-18,21,23-24,26-28,34-35H,10-11,13,19-20,22,25,42H2,1-7H3,(H2,43,44,45,51)/b36-24-/t27-,28+,34-,35+/m0/s1. The quantitative estimate of drug-likeness (QED) is 0.115. The molecule has 3 heterocycles. The first kappa shape index (κ1) is 37.7. The van der Waals surface area contributed by atoms with E-state index in [9.17, 15) is 4.79 Å². The fraction of sp³-hybridized carbons (Fsp3) is 0.463. The van der Waals surface area contributed by atoms with Crippen LogP contribution in [0.5, 0.6) is 11.5 Å². The number of amidine groups is 1. The van der Waals surface area contributed by atoms with Crippen LogP contribution in [0.1, 0.15) is 90.0 Å². The zero-order chi connectivity index (χ0) is 37.7. The number of aliphatic imine (C=N–C) groups is 1. The Labute approximate surface area is 313 Å². The number of urea groups is 1. The highest BCUT2D eigenvalue weighted by Gasteiger charge is 2.30. The summed E-state index contributed by atoms with van der Waals surface area (Å²) in [5, 5.41) is 15.1. The van der Waals surface area contributed by atoms with Gasteiger partial charge in [0.15, 0.2) is 5.65 Å². The van der Waals surface area contributed by atoms with Crippen molar-refractivity contribution in [3.63, 3.8) is 0 Å². The van der Waals surface area contributed by atoms with Gasteiger partial charge in [-0.05, 0) is 95.4 Å². The Balaban J connectivity index is 1.18. The molecule has 53 heavy (non-hydrogen) atoms. The molecule has 1 aliphatic carbocycles. The summed E-state index contributed by atoms with van der Waals surface area (Å²) in [6.45, 7) is 12.1. The van der Waals surface area contributed by atoms with Crippen LogP contribution in [-0.4, -0.2) is 70.7 Å². The minimum absolute atomic E-state index is 0.00804. The number of nitrogens with one attached hydrogen (secondary N) is 2. The topological polar surface area (TPSA) is 135 Å². The molecule has 2 aromatic heterocycles. The predicted octanol–water partition coefficient (Wildman–Crippen LogP) is 7.31. The number of carbonyl (C=O) groups excluding carboxylic acids is 1. The number of pyridine rings is 1. The summed E-state index contributed by atoms with van der Waals surface area (Å²) in [5.74, 6) is 2.64. The number of ether oxygens (including phenoxy) is 2. The summed E-state index contributed by atoms with van der Waals surface area (Å²) in [6, 6.07) is 19.4. The molecule has 2 amide bonds. The van der Waals surface area contributed by atoms with Gasteiger partial charge in [0.1, 0.15) is 29.5 Å². The molecule has 1 fully saturated rings. The van der Waals surface area contributed by atoms with E-state index in [1.165, 1.54) is 6.42 Å². The SMILES string of the molecule is C[C@H](CN(C)C)Oc1cccc(N=C(/C=C(\N)C(C)(C)C)NC(=O)N[C@H]2CC[C@@H](Oc3ccc4nnc(N5CCCC[C@@H]5C)n4c3)c3ccccc32)c1. The Morgan fingerprint density at radius 3 is 2.58 bits per heavy atom. The number of carbonyl (C=O) groups is 1. The van der Waals surface area contributed by atoms with E-state index < -0.39 is 0 Å². The highest BCUT2D eigenvalue weighted by atomic mass is 16.5. The molecule has 2 aromatic carbocycles. The lowest BCUT2D eigenvalue weighted by Crippen LogP contribution is -2.42. The molecule has 4 atom stereocenters. The third-order valence-corrected chi connectivity index (χ3v) is 9.86. The summed E-state index contributed by atoms with van der Waals surface area (Å²) in [4.78, 5) is 22.9. The second-order valence-corrected chi connectivity index (χ2v) is 15.6. The predicted molar refractivity (Wildman–Crippen MR) is 211 cm³/mol. The van der Waals surface area contributed by atoms with Crippen molar-refractivity contribution >= 4 is 29.1 Å². The Kier molecular flexibility index (Phi) is 11.6. The van der Waals surface area contributed by atoms with Crippen LogP contribution in [0.15, 0.2) is 83.6 Å². The average Bonchev–Trinajstić information content (AvgIpc) is 3.52. The van der Waals surface area contributed by atoms with Crippen molar-refractivity contribution in [3.8, 4) is 11.5 Å². The molecule has 2 aliphatic rings. The van der Waals surface area contributed by atoms with Gasteiger partial charge in [0.05, 0.1) is 17.9 Å². The van der Waals surface area contributed by atoms with Crippen LogP contribution in [0.4, 0.5) is 16.4 Å². The van der Waals surface area contributed by atoms with Gasteiger partial charge in [0.2, 0.25) is 5.95 Å². The summed E-state index contributed by atoms with van der Waals surface area (Å²) in [5.41, 5.74) is 10.2. The lowest BCUT2D eigenvalue weighted by Gasteiger charge is -2.33. The number of benzene rings is 2. The van der Waals surface area contributed by atoms with Gasteiger partial charge in [0.25, 0.3) is 0 Å². The number of amides is 2. The van der Waals surface area contributed by atoms with Gasteiger partial charge in [-0.2, -0.15) is 0 Å². The first-order valence-corrected chi connectivity index (χ1v) is 18.8. The highest BCUT2D eigenvalue weighted by Crippen LogP contribution is 2.39. The van der Waals surface area contributed by atoms with Gasteiger partial charge in [-0.3, -0.25) is 9.72 Å². The van der Waals surface area contributed by atoms with Gasteiger partial charge in [-0.15, -0.1) is 10.2 Å². The first-order chi connectivity index (χ1) is 25.3. The molecule has 1 saturated heterocycles. The molecule has 0 spiro atoms. The van der Waals surface area contributed by atoms with Crippen molar-refractivity contribution in [2.45, 2.75) is 91.0 Å². The van der Waals surface area contributed by atoms with E-state index >= 15 is 0 Å². The maximum atomic E-state index is 13.7. The lowest BCUT2D eigenvalue weighted by atomic mass is 9.85. The van der Waals surface area contributed by atoms with Crippen molar-refractivity contribution in [2.75, 3.05) is 32.1 Å². The van der Waals surface area contributed by atoms with Crippen LogP contribution in [0.2, 0.25) is 0 Å². The smallest absolute Gasteiger partial charge is 0.320 e. The van der Waals surface area contributed by atoms with Gasteiger partial charge >= 0.3 is 6.03 Å². The molecule has 12 nitrogen and oxygen atoms in total. The van der Waals surface area contributed by atoms with E-state index in [4.69, 9.17) is 20.2 Å². The third kappa shape index (κ3) is 9.47. The Morgan fingerprint density at radius 1 is 1.04 bits per heavy atom. The van der Waals surface area contributed by atoms with Gasteiger partial charge in [0, 0.05) is 42.4 Å². The molecular weight excluding hydrogens is 667 g/mol. The number of nitrogens with two attached hydrogens (primary N) is 1. The second-order valence-electron chi connectivity index (χ2n) is 15.6. The first-order valence-electron chi connectivity index (χ1n) is 18.8. The van der Waals surface area contributed by atoms with E-state index in [1.807, 2.05) is 101 Å². The molecule has 1 aliphatic heterocycles. The molecule has 282 valence electrons. The van der Waals surface area contributed by atoms with Crippen LogP contribution < -0.4 is 30.7 Å². The zero-order valence-electron chi connectivity index (χ0n) is 32.2. The Morgan fingerprint density at radius 2 is 1.83 bits per heavy atom. The van der Waals surface area contributed by atoms with Gasteiger partial charge < -0.3 is 30.3 Å². The number of nitrogens with zero attached hydrogens (tertiary/aromatic N) is 6. The number of aromatic nitrogens is 3. The molecular formula is C41H55N9O3. The van der Waals surface area contributed by atoms with Crippen LogP contribution in [0.3, 0.4) is 0 Å². The Bertz CT molecular complexity index is 1950. The van der Waals surface area contributed by atoms with E-state index in [1.54, 1.807) is 6.08 Å². The molecule has 4 aromatic rings. The third-order valence-electron chi connectivity index (χ3n) is 9.86. The van der Waals surface area contributed by atoms with Crippen molar-refractivity contribution in [2.24, 2.45) is 16.1 Å². The Hall–Kier alpha value is -5.10. The molecule has 12 heteroatoms. The summed E-state index contributed by atoms with van der Waals surface area (Å²) in [6.07, 6.45) is 8.48. The van der Waals surface area contributed by atoms with Crippen molar-refractivity contribution in [1.29, 1.82) is 0 Å². The fourth-order valence-corrected chi connectivity index (χ4v) is 7.03. The van der Waals surface area contributed by atoms with Crippen LogP contribution in [0, 0.1) is 5.41 Å². The van der Waals surface area contributed by atoms with E-state index in [0.29, 0.717) is 35.4 Å². The van der Waals surface area contributed by atoms with Crippen molar-refractivity contribution in [1.82, 2.24) is 30.1 Å². The fourth-order valence-electron chi connectivity index (χ4n) is 7.03. The summed E-state index contributed by atoms with van der Waals surface area (Å²) < 4.78 is 14.8. The molecule has 0 bridgehead atoms. The lowest BCUT2D eigenvalue weighted by molar-refractivity contribution is 0.171. The minimum atomic E-state index is -0.370. The normalized spacial score (nSPS) is 20.2. The maximum Gasteiger partial charge on any atom is 0.320 e. The number of rotatable bonds is 10. The van der Waals surface area contributed by atoms with Gasteiger partial charge in [-0.1, -0.05) is 51.1 Å². The van der Waals surface area contributed by atoms with E-state index in [2.05, 4.69) is 49.7 Å². The molecule has 0 radical (unpaired) electrons. The maximum absolute atomic E-state index is 13.7. The molecule has 4 N–H and O–H groups in total. The zero-order valence-corrected chi connectivity index (χ0v) is 32.2. The average molecular weight is 722 g/mol.